The van der Waals surface area contributed by atoms with Crippen LogP contribution in [0.2, 0.25) is 0 Å². The largest absolute Gasteiger partial charge is 0.383 e. The third-order valence-corrected chi connectivity index (χ3v) is 21.4. The van der Waals surface area contributed by atoms with E-state index in [0.29, 0.717) is 18.2 Å². The first-order valence-electron chi connectivity index (χ1n) is 21.1. The molecule has 298 valence electrons. The molecule has 0 amide bonds. The van der Waals surface area contributed by atoms with E-state index in [9.17, 15) is 0 Å². The summed E-state index contributed by atoms with van der Waals surface area (Å²) in [4.78, 5) is 10.5. The molecule has 0 radical (unpaired) electrons. The van der Waals surface area contributed by atoms with Gasteiger partial charge in [0.05, 0.1) is 6.54 Å². The number of nitrogens with zero attached hydrogens (tertiary/aromatic N) is 2. The standard InChI is InChI=1S/C57H47N3Si2/c58-56(46-26-22-40-54(42-46)61(48-28-10-2-11-29-48,49-30-12-3-13-31-49)50-32-14-4-15-33-50)60-57(59-44-45-24-8-1-9-25-45)47-27-23-41-55(43-47)62(51-34-16-5-17-35-51,52-36-18-6-19-37-52)53-38-20-7-21-39-53/h1-43H,44H2,(H2,58,59,60). The molecule has 0 heterocycles. The summed E-state index contributed by atoms with van der Waals surface area (Å²) in [5.41, 5.74) is 10.1. The Kier molecular flexibility index (Phi) is 11.9. The fraction of sp³-hybridized carbons (Fsp3) is 0.0175. The number of nitrogens with two attached hydrogens (primary N) is 1. The van der Waals surface area contributed by atoms with Gasteiger partial charge in [0.15, 0.2) is 22.0 Å². The number of rotatable bonds is 12. The van der Waals surface area contributed by atoms with E-state index >= 15 is 0 Å². The molecule has 0 unspecified atom stereocenters. The minimum absolute atomic E-state index is 0.416. The molecule has 0 aliphatic heterocycles. The summed E-state index contributed by atoms with van der Waals surface area (Å²) in [6, 6.07) is 93.8. The van der Waals surface area contributed by atoms with Gasteiger partial charge >= 0.3 is 0 Å². The van der Waals surface area contributed by atoms with Gasteiger partial charge in [-0.1, -0.05) is 261 Å². The van der Waals surface area contributed by atoms with Crippen LogP contribution in [0.5, 0.6) is 0 Å². The van der Waals surface area contributed by atoms with Crippen LogP contribution in [0.4, 0.5) is 0 Å². The summed E-state index contributed by atoms with van der Waals surface area (Å²) in [5, 5.41) is 10.3. The Bertz CT molecular complexity index is 2710. The lowest BCUT2D eigenvalue weighted by Gasteiger charge is -2.34. The summed E-state index contributed by atoms with van der Waals surface area (Å²) in [6.45, 7) is 0.460. The maximum absolute atomic E-state index is 7.22. The molecule has 5 heteroatoms. The molecule has 0 saturated heterocycles. The summed E-state index contributed by atoms with van der Waals surface area (Å²) < 4.78 is 0. The van der Waals surface area contributed by atoms with E-state index in [-0.39, 0.29) is 0 Å². The molecule has 62 heavy (non-hydrogen) atoms. The zero-order chi connectivity index (χ0) is 42.0. The second-order valence-corrected chi connectivity index (χ2v) is 23.1. The average Bonchev–Trinajstić information content (AvgIpc) is 3.36. The monoisotopic (exact) mass is 829 g/mol. The predicted molar refractivity (Wildman–Crippen MR) is 268 cm³/mol. The molecule has 0 aromatic heterocycles. The molecular weight excluding hydrogens is 783 g/mol. The zero-order valence-corrected chi connectivity index (χ0v) is 36.5. The van der Waals surface area contributed by atoms with Crippen LogP contribution in [0.25, 0.3) is 0 Å². The van der Waals surface area contributed by atoms with Crippen LogP contribution in [0, 0.1) is 0 Å². The molecule has 0 saturated carbocycles. The van der Waals surface area contributed by atoms with Crippen molar-refractivity contribution < 1.29 is 0 Å². The Morgan fingerprint density at radius 1 is 0.323 bits per heavy atom. The van der Waals surface area contributed by atoms with Crippen LogP contribution in [0.3, 0.4) is 0 Å². The molecule has 0 atom stereocenters. The Morgan fingerprint density at radius 2 is 0.613 bits per heavy atom. The molecular formula is C57H47N3Si2. The lowest BCUT2D eigenvalue weighted by atomic mass is 10.2. The van der Waals surface area contributed by atoms with Gasteiger partial charge in [0.25, 0.3) is 0 Å². The van der Waals surface area contributed by atoms with Crippen molar-refractivity contribution in [3.63, 3.8) is 0 Å². The highest BCUT2D eigenvalue weighted by Crippen LogP contribution is 2.15. The van der Waals surface area contributed by atoms with Crippen LogP contribution < -0.4 is 47.2 Å². The molecule has 9 aromatic carbocycles. The van der Waals surface area contributed by atoms with E-state index in [1.807, 2.05) is 6.07 Å². The number of amidine groups is 2. The molecule has 9 aromatic rings. The molecule has 9 rings (SSSR count). The van der Waals surface area contributed by atoms with Crippen molar-refractivity contribution in [3.05, 3.63) is 278 Å². The second-order valence-electron chi connectivity index (χ2n) is 15.5. The highest BCUT2D eigenvalue weighted by atomic mass is 28.3. The van der Waals surface area contributed by atoms with Crippen LogP contribution in [0.15, 0.2) is 271 Å². The minimum Gasteiger partial charge on any atom is -0.383 e. The third-order valence-electron chi connectivity index (χ3n) is 11.9. The number of benzene rings is 9. The SMILES string of the molecule is NC(=NC(=NCc1ccccc1)c1cccc([Si](c2ccccc2)(c2ccccc2)c2ccccc2)c1)c1cccc([Si](c2ccccc2)(c2ccccc2)c2ccccc2)c1. The van der Waals surface area contributed by atoms with E-state index in [2.05, 4.69) is 255 Å². The summed E-state index contributed by atoms with van der Waals surface area (Å²) in [5.74, 6) is 1.01. The van der Waals surface area contributed by atoms with Gasteiger partial charge in [-0.3, -0.25) is 4.99 Å². The van der Waals surface area contributed by atoms with Gasteiger partial charge < -0.3 is 5.73 Å². The van der Waals surface area contributed by atoms with Gasteiger partial charge in [-0.15, -0.1) is 0 Å². The lowest BCUT2D eigenvalue weighted by molar-refractivity contribution is 1.06. The average molecular weight is 830 g/mol. The Balaban J connectivity index is 1.22. The van der Waals surface area contributed by atoms with E-state index in [1.54, 1.807) is 0 Å². The van der Waals surface area contributed by atoms with Gasteiger partial charge in [-0.25, -0.2) is 4.99 Å². The van der Waals surface area contributed by atoms with E-state index in [0.717, 1.165) is 16.7 Å². The van der Waals surface area contributed by atoms with E-state index in [1.165, 1.54) is 41.5 Å². The molecule has 3 nitrogen and oxygen atoms in total. The predicted octanol–water partition coefficient (Wildman–Crippen LogP) is 6.79. The maximum atomic E-state index is 7.22. The highest BCUT2D eigenvalue weighted by Gasteiger charge is 2.42. The van der Waals surface area contributed by atoms with Crippen molar-refractivity contribution in [1.82, 2.24) is 0 Å². The third kappa shape index (κ3) is 7.83. The van der Waals surface area contributed by atoms with E-state index < -0.39 is 16.1 Å². The number of hydrogen-bond acceptors (Lipinski definition) is 1. The lowest BCUT2D eigenvalue weighted by Crippen LogP contribution is -2.74. The highest BCUT2D eigenvalue weighted by molar-refractivity contribution is 7.20. The van der Waals surface area contributed by atoms with Gasteiger partial charge in [-0.05, 0) is 47.1 Å². The summed E-state index contributed by atoms with van der Waals surface area (Å²) >= 11 is 0. The first-order valence-corrected chi connectivity index (χ1v) is 25.1. The van der Waals surface area contributed by atoms with Crippen molar-refractivity contribution in [2.45, 2.75) is 6.54 Å². The number of hydrogen-bond donors (Lipinski definition) is 1. The van der Waals surface area contributed by atoms with Crippen LogP contribution in [0.1, 0.15) is 16.7 Å². The summed E-state index contributed by atoms with van der Waals surface area (Å²) in [6.07, 6.45) is 0. The molecule has 0 fully saturated rings. The molecule has 2 N–H and O–H groups in total. The Morgan fingerprint density at radius 3 is 0.968 bits per heavy atom. The fourth-order valence-corrected chi connectivity index (χ4v) is 18.6. The van der Waals surface area contributed by atoms with Crippen molar-refractivity contribution in [2.24, 2.45) is 15.7 Å². The van der Waals surface area contributed by atoms with Crippen LogP contribution >= 0.6 is 0 Å². The first-order chi connectivity index (χ1) is 30.7. The van der Waals surface area contributed by atoms with Gasteiger partial charge in [0.2, 0.25) is 0 Å². The molecule has 0 bridgehead atoms. The molecule has 0 aliphatic rings. The fourth-order valence-electron chi connectivity index (χ4n) is 9.05. The molecule has 0 aliphatic carbocycles. The van der Waals surface area contributed by atoms with Gasteiger partial charge in [0, 0.05) is 11.1 Å². The summed E-state index contributed by atoms with van der Waals surface area (Å²) in [7, 11) is -5.63. The topological polar surface area (TPSA) is 50.7 Å². The quantitative estimate of drug-likeness (QED) is 0.0628. The van der Waals surface area contributed by atoms with Gasteiger partial charge in [-0.2, -0.15) is 0 Å². The van der Waals surface area contributed by atoms with Crippen molar-refractivity contribution in [2.75, 3.05) is 0 Å². The van der Waals surface area contributed by atoms with Crippen molar-refractivity contribution >= 4 is 69.3 Å². The zero-order valence-electron chi connectivity index (χ0n) is 34.5. The number of aliphatic imine (C=N–C) groups is 2. The van der Waals surface area contributed by atoms with E-state index in [4.69, 9.17) is 15.7 Å². The molecule has 0 spiro atoms. The van der Waals surface area contributed by atoms with Gasteiger partial charge in [0.1, 0.15) is 5.84 Å². The van der Waals surface area contributed by atoms with Crippen molar-refractivity contribution in [3.8, 4) is 0 Å². The van der Waals surface area contributed by atoms with Crippen LogP contribution in [-0.2, 0) is 6.54 Å². The second kappa shape index (κ2) is 18.4. The Hall–Kier alpha value is -7.45. The van der Waals surface area contributed by atoms with Crippen LogP contribution in [-0.4, -0.2) is 27.8 Å². The maximum Gasteiger partial charge on any atom is 0.179 e. The normalized spacial score (nSPS) is 12.2. The first kappa shape index (κ1) is 40.0. The minimum atomic E-state index is -2.82. The smallest absolute Gasteiger partial charge is 0.179 e. The van der Waals surface area contributed by atoms with Crippen molar-refractivity contribution in [1.29, 1.82) is 0 Å². The Labute approximate surface area is 367 Å².